The highest BCUT2D eigenvalue weighted by Gasteiger charge is 2.04. The van der Waals surface area contributed by atoms with E-state index in [9.17, 15) is 0 Å². The second-order valence-electron chi connectivity index (χ2n) is 6.92. The van der Waals surface area contributed by atoms with Gasteiger partial charge in [0.05, 0.1) is 5.69 Å². The van der Waals surface area contributed by atoms with Gasteiger partial charge in [0.25, 0.3) is 0 Å². The van der Waals surface area contributed by atoms with E-state index >= 15 is 0 Å². The molecule has 150 valence electrons. The van der Waals surface area contributed by atoms with Crippen LogP contribution in [0.15, 0.2) is 109 Å². The van der Waals surface area contributed by atoms with Gasteiger partial charge in [-0.05, 0) is 41.0 Å². The largest absolute Gasteiger partial charge is 0.490 e. The molecule has 0 saturated heterocycles. The molecule has 0 aliphatic rings. The van der Waals surface area contributed by atoms with Gasteiger partial charge in [-0.2, -0.15) is 0 Å². The third-order valence-electron chi connectivity index (χ3n) is 4.78. The van der Waals surface area contributed by atoms with Gasteiger partial charge in [-0.15, -0.1) is 0 Å². The van der Waals surface area contributed by atoms with Crippen molar-refractivity contribution in [2.75, 3.05) is 18.5 Å². The van der Waals surface area contributed by atoms with Crippen LogP contribution in [0.4, 0.5) is 5.69 Å². The van der Waals surface area contributed by atoms with Crippen molar-refractivity contribution >= 4 is 5.69 Å². The van der Waals surface area contributed by atoms with E-state index in [-0.39, 0.29) is 0 Å². The molecule has 0 unspecified atom stereocenters. The molecule has 0 aliphatic carbocycles. The number of hydrogen-bond donors (Lipinski definition) is 1. The zero-order valence-corrected chi connectivity index (χ0v) is 16.8. The van der Waals surface area contributed by atoms with Crippen LogP contribution >= 0.6 is 0 Å². The van der Waals surface area contributed by atoms with E-state index in [4.69, 9.17) is 9.47 Å². The molecule has 0 radical (unpaired) electrons. The lowest BCUT2D eigenvalue weighted by Crippen LogP contribution is -2.10. The normalized spacial score (nSPS) is 10.4. The quantitative estimate of drug-likeness (QED) is 0.332. The SMILES string of the molecule is c1ccc(OCCOc2ccccc2NCc2ccc(-c3ccccc3)cc2)cc1. The second-order valence-corrected chi connectivity index (χ2v) is 6.92. The van der Waals surface area contributed by atoms with E-state index < -0.39 is 0 Å². The molecular weight excluding hydrogens is 370 g/mol. The lowest BCUT2D eigenvalue weighted by Gasteiger charge is -2.14. The maximum absolute atomic E-state index is 5.94. The molecular formula is C27H25NO2. The lowest BCUT2D eigenvalue weighted by atomic mass is 10.0. The van der Waals surface area contributed by atoms with Gasteiger partial charge in [0.2, 0.25) is 0 Å². The summed E-state index contributed by atoms with van der Waals surface area (Å²) in [5, 5.41) is 3.48. The minimum absolute atomic E-state index is 0.485. The first-order valence-electron chi connectivity index (χ1n) is 10.2. The van der Waals surface area contributed by atoms with Gasteiger partial charge in [0.15, 0.2) is 0 Å². The van der Waals surface area contributed by atoms with Crippen LogP contribution in [0.2, 0.25) is 0 Å². The van der Waals surface area contributed by atoms with Gasteiger partial charge in [-0.1, -0.05) is 84.9 Å². The van der Waals surface area contributed by atoms with E-state index in [0.717, 1.165) is 23.7 Å². The number of nitrogens with one attached hydrogen (secondary N) is 1. The van der Waals surface area contributed by atoms with E-state index in [2.05, 4.69) is 53.8 Å². The maximum Gasteiger partial charge on any atom is 0.142 e. The van der Waals surface area contributed by atoms with Crippen molar-refractivity contribution in [1.29, 1.82) is 0 Å². The first-order valence-corrected chi connectivity index (χ1v) is 10.2. The summed E-state index contributed by atoms with van der Waals surface area (Å²) in [5.41, 5.74) is 4.65. The van der Waals surface area contributed by atoms with Gasteiger partial charge in [-0.3, -0.25) is 0 Å². The zero-order valence-electron chi connectivity index (χ0n) is 16.8. The molecule has 0 bridgehead atoms. The van der Waals surface area contributed by atoms with E-state index in [1.165, 1.54) is 16.7 Å². The molecule has 0 saturated carbocycles. The van der Waals surface area contributed by atoms with Crippen molar-refractivity contribution in [3.8, 4) is 22.6 Å². The van der Waals surface area contributed by atoms with E-state index in [0.29, 0.717) is 13.2 Å². The minimum Gasteiger partial charge on any atom is -0.490 e. The van der Waals surface area contributed by atoms with Gasteiger partial charge in [0.1, 0.15) is 24.7 Å². The standard InChI is InChI=1S/C27H25NO2/c1-3-9-23(10-4-1)24-17-15-22(16-18-24)21-28-26-13-7-8-14-27(26)30-20-19-29-25-11-5-2-6-12-25/h1-18,28H,19-21H2. The number of para-hydroxylation sites is 3. The average molecular weight is 396 g/mol. The Labute approximate surface area is 177 Å². The van der Waals surface area contributed by atoms with Crippen molar-refractivity contribution in [3.63, 3.8) is 0 Å². The summed E-state index contributed by atoms with van der Waals surface area (Å²) in [6.45, 7) is 1.72. The molecule has 30 heavy (non-hydrogen) atoms. The zero-order chi connectivity index (χ0) is 20.4. The molecule has 1 N–H and O–H groups in total. The summed E-state index contributed by atoms with van der Waals surface area (Å²) in [6, 6.07) is 36.8. The van der Waals surface area contributed by atoms with Gasteiger partial charge < -0.3 is 14.8 Å². The Morgan fingerprint density at radius 1 is 0.533 bits per heavy atom. The van der Waals surface area contributed by atoms with Gasteiger partial charge in [-0.25, -0.2) is 0 Å². The Kier molecular flexibility index (Phi) is 6.64. The fourth-order valence-electron chi connectivity index (χ4n) is 3.21. The highest BCUT2D eigenvalue weighted by Crippen LogP contribution is 2.25. The predicted molar refractivity (Wildman–Crippen MR) is 123 cm³/mol. The lowest BCUT2D eigenvalue weighted by molar-refractivity contribution is 0.218. The fourth-order valence-corrected chi connectivity index (χ4v) is 3.21. The molecule has 4 rings (SSSR count). The molecule has 3 heteroatoms. The van der Waals surface area contributed by atoms with Crippen LogP contribution in [-0.4, -0.2) is 13.2 Å². The number of rotatable bonds is 9. The topological polar surface area (TPSA) is 30.5 Å². The summed E-state index contributed by atoms with van der Waals surface area (Å²) in [6.07, 6.45) is 0. The summed E-state index contributed by atoms with van der Waals surface area (Å²) >= 11 is 0. The molecule has 0 spiro atoms. The Balaban J connectivity index is 1.30. The maximum atomic E-state index is 5.94. The molecule has 0 aliphatic heterocycles. The Morgan fingerprint density at radius 2 is 1.13 bits per heavy atom. The first kappa shape index (κ1) is 19.6. The third kappa shape index (κ3) is 5.42. The summed E-state index contributed by atoms with van der Waals surface area (Å²) < 4.78 is 11.6. The molecule has 4 aromatic carbocycles. The summed E-state index contributed by atoms with van der Waals surface area (Å²) in [4.78, 5) is 0. The summed E-state index contributed by atoms with van der Waals surface area (Å²) in [7, 11) is 0. The molecule has 0 atom stereocenters. The van der Waals surface area contributed by atoms with Crippen LogP contribution in [0, 0.1) is 0 Å². The van der Waals surface area contributed by atoms with E-state index in [1.54, 1.807) is 0 Å². The molecule has 0 aromatic heterocycles. The number of hydrogen-bond acceptors (Lipinski definition) is 3. The highest BCUT2D eigenvalue weighted by atomic mass is 16.5. The molecule has 4 aromatic rings. The number of benzene rings is 4. The number of anilines is 1. The van der Waals surface area contributed by atoms with Crippen molar-refractivity contribution in [3.05, 3.63) is 115 Å². The second kappa shape index (κ2) is 10.2. The van der Waals surface area contributed by atoms with Crippen molar-refractivity contribution in [1.82, 2.24) is 0 Å². The monoisotopic (exact) mass is 395 g/mol. The molecule has 3 nitrogen and oxygen atoms in total. The van der Waals surface area contributed by atoms with Crippen LogP contribution in [0.3, 0.4) is 0 Å². The highest BCUT2D eigenvalue weighted by molar-refractivity contribution is 5.63. The number of ether oxygens (including phenoxy) is 2. The predicted octanol–water partition coefficient (Wildman–Crippen LogP) is 6.42. The minimum atomic E-state index is 0.485. The molecule has 0 heterocycles. The van der Waals surface area contributed by atoms with Crippen LogP contribution in [-0.2, 0) is 6.54 Å². The van der Waals surface area contributed by atoms with Crippen molar-refractivity contribution < 1.29 is 9.47 Å². The van der Waals surface area contributed by atoms with Gasteiger partial charge in [0, 0.05) is 6.54 Å². The van der Waals surface area contributed by atoms with Crippen molar-refractivity contribution in [2.24, 2.45) is 0 Å². The van der Waals surface area contributed by atoms with Crippen LogP contribution in [0.25, 0.3) is 11.1 Å². The Morgan fingerprint density at radius 3 is 1.90 bits per heavy atom. The van der Waals surface area contributed by atoms with Gasteiger partial charge >= 0.3 is 0 Å². The summed E-state index contributed by atoms with van der Waals surface area (Å²) in [5.74, 6) is 1.68. The smallest absolute Gasteiger partial charge is 0.142 e. The van der Waals surface area contributed by atoms with Crippen LogP contribution < -0.4 is 14.8 Å². The fraction of sp³-hybridized carbons (Fsp3) is 0.111. The van der Waals surface area contributed by atoms with Crippen LogP contribution in [0.5, 0.6) is 11.5 Å². The first-order chi connectivity index (χ1) is 14.9. The van der Waals surface area contributed by atoms with Crippen LogP contribution in [0.1, 0.15) is 5.56 Å². The Hall–Kier alpha value is -3.72. The third-order valence-corrected chi connectivity index (χ3v) is 4.78. The molecule has 0 amide bonds. The molecule has 0 fully saturated rings. The van der Waals surface area contributed by atoms with Crippen molar-refractivity contribution in [2.45, 2.75) is 6.54 Å². The Bertz CT molecular complexity index is 1030. The average Bonchev–Trinajstić information content (AvgIpc) is 2.83. The van der Waals surface area contributed by atoms with E-state index in [1.807, 2.05) is 60.7 Å².